The van der Waals surface area contributed by atoms with Gasteiger partial charge in [-0.15, -0.1) is 11.8 Å². The number of ether oxygens (including phenoxy) is 1. The van der Waals surface area contributed by atoms with Gasteiger partial charge in [0, 0.05) is 35.6 Å². The number of thioether (sulfide) groups is 1. The van der Waals surface area contributed by atoms with E-state index in [1.54, 1.807) is 12.1 Å². The van der Waals surface area contributed by atoms with Gasteiger partial charge in [0.05, 0.1) is 5.75 Å². The zero-order chi connectivity index (χ0) is 14.8. The van der Waals surface area contributed by atoms with Crippen molar-refractivity contribution in [3.05, 3.63) is 33.8 Å². The molecule has 0 aliphatic carbocycles. The van der Waals surface area contributed by atoms with Crippen LogP contribution >= 0.6 is 35.0 Å². The van der Waals surface area contributed by atoms with Crippen molar-refractivity contribution in [1.29, 1.82) is 0 Å². The van der Waals surface area contributed by atoms with Crippen LogP contribution in [0, 0.1) is 0 Å². The highest BCUT2D eigenvalue weighted by Gasteiger charge is 2.07. The molecule has 0 unspecified atom stereocenters. The van der Waals surface area contributed by atoms with Crippen LogP contribution in [0.4, 0.5) is 0 Å². The second kappa shape index (κ2) is 10.3. The summed E-state index contributed by atoms with van der Waals surface area (Å²) in [7, 11) is 0. The second-order valence-corrected chi connectivity index (χ2v) is 5.89. The molecule has 1 aromatic rings. The summed E-state index contributed by atoms with van der Waals surface area (Å²) >= 11 is 13.6. The molecule has 0 bridgehead atoms. The molecule has 6 heteroatoms. The molecule has 0 saturated carbocycles. The first-order chi connectivity index (χ1) is 9.65. The lowest BCUT2D eigenvalue weighted by Crippen LogP contribution is -2.26. The van der Waals surface area contributed by atoms with Crippen molar-refractivity contribution < 1.29 is 9.53 Å². The van der Waals surface area contributed by atoms with Gasteiger partial charge in [0.1, 0.15) is 0 Å². The molecule has 0 spiro atoms. The average molecular weight is 336 g/mol. The fraction of sp³-hybridized carbons (Fsp3) is 0.500. The van der Waals surface area contributed by atoms with E-state index in [0.717, 1.165) is 12.0 Å². The third kappa shape index (κ3) is 6.84. The van der Waals surface area contributed by atoms with E-state index in [2.05, 4.69) is 5.32 Å². The Hall–Kier alpha value is -0.420. The summed E-state index contributed by atoms with van der Waals surface area (Å²) in [4.78, 5) is 11.6. The van der Waals surface area contributed by atoms with E-state index in [0.29, 0.717) is 41.3 Å². The monoisotopic (exact) mass is 335 g/mol. The molecule has 0 fully saturated rings. The van der Waals surface area contributed by atoms with Crippen LogP contribution in [0.1, 0.15) is 18.9 Å². The van der Waals surface area contributed by atoms with Gasteiger partial charge in [-0.2, -0.15) is 0 Å². The van der Waals surface area contributed by atoms with E-state index in [1.165, 1.54) is 11.8 Å². The Morgan fingerprint density at radius 2 is 2.05 bits per heavy atom. The summed E-state index contributed by atoms with van der Waals surface area (Å²) in [6, 6.07) is 5.41. The van der Waals surface area contributed by atoms with Gasteiger partial charge in [0.2, 0.25) is 5.91 Å². The molecule has 20 heavy (non-hydrogen) atoms. The van der Waals surface area contributed by atoms with Crippen molar-refractivity contribution in [3.63, 3.8) is 0 Å². The fourth-order valence-electron chi connectivity index (χ4n) is 1.51. The number of amides is 1. The SMILES string of the molecule is CCOCCCNC(=O)CSCc1c(Cl)cccc1Cl. The van der Waals surface area contributed by atoms with Gasteiger partial charge in [-0.1, -0.05) is 29.3 Å². The number of hydrogen-bond donors (Lipinski definition) is 1. The molecule has 0 aliphatic heterocycles. The molecule has 0 aliphatic rings. The van der Waals surface area contributed by atoms with Crippen LogP contribution in [0.5, 0.6) is 0 Å². The maximum absolute atomic E-state index is 11.6. The van der Waals surface area contributed by atoms with E-state index in [9.17, 15) is 4.79 Å². The van der Waals surface area contributed by atoms with Gasteiger partial charge in [-0.3, -0.25) is 4.79 Å². The summed E-state index contributed by atoms with van der Waals surface area (Å²) in [6.45, 7) is 3.99. The molecule has 1 rings (SSSR count). The molecular formula is C14H19Cl2NO2S. The molecule has 112 valence electrons. The minimum absolute atomic E-state index is 0.0228. The number of nitrogens with one attached hydrogen (secondary N) is 1. The van der Waals surface area contributed by atoms with Crippen LogP contribution in [-0.4, -0.2) is 31.4 Å². The van der Waals surface area contributed by atoms with Crippen molar-refractivity contribution in [2.75, 3.05) is 25.5 Å². The smallest absolute Gasteiger partial charge is 0.230 e. The van der Waals surface area contributed by atoms with Crippen LogP contribution in [0.25, 0.3) is 0 Å². The number of benzene rings is 1. The standard InChI is InChI=1S/C14H19Cl2NO2S/c1-2-19-8-4-7-17-14(18)10-20-9-11-12(15)5-3-6-13(11)16/h3,5-6H,2,4,7-10H2,1H3,(H,17,18). The summed E-state index contributed by atoms with van der Waals surface area (Å²) in [5, 5.41) is 4.13. The van der Waals surface area contributed by atoms with Crippen LogP contribution < -0.4 is 5.32 Å². The summed E-state index contributed by atoms with van der Waals surface area (Å²) < 4.78 is 5.19. The first kappa shape index (κ1) is 17.6. The van der Waals surface area contributed by atoms with Crippen molar-refractivity contribution in [1.82, 2.24) is 5.32 Å². The highest BCUT2D eigenvalue weighted by atomic mass is 35.5. The Balaban J connectivity index is 2.19. The van der Waals surface area contributed by atoms with E-state index < -0.39 is 0 Å². The highest BCUT2D eigenvalue weighted by Crippen LogP contribution is 2.27. The quantitative estimate of drug-likeness (QED) is 0.698. The second-order valence-electron chi connectivity index (χ2n) is 4.09. The average Bonchev–Trinajstić information content (AvgIpc) is 2.42. The summed E-state index contributed by atoms with van der Waals surface area (Å²) in [6.07, 6.45) is 0.834. The number of hydrogen-bond acceptors (Lipinski definition) is 3. The fourth-order valence-corrected chi connectivity index (χ4v) is 3.11. The van der Waals surface area contributed by atoms with Gasteiger partial charge >= 0.3 is 0 Å². The number of carbonyl (C=O) groups excluding carboxylic acids is 1. The van der Waals surface area contributed by atoms with E-state index in [-0.39, 0.29) is 5.91 Å². The molecular weight excluding hydrogens is 317 g/mol. The minimum Gasteiger partial charge on any atom is -0.382 e. The third-order valence-corrected chi connectivity index (χ3v) is 4.20. The van der Waals surface area contributed by atoms with Gasteiger partial charge in [-0.05, 0) is 31.0 Å². The molecule has 1 amide bonds. The van der Waals surface area contributed by atoms with E-state index in [1.807, 2.05) is 13.0 Å². The van der Waals surface area contributed by atoms with Crippen LogP contribution in [-0.2, 0) is 15.3 Å². The lowest BCUT2D eigenvalue weighted by atomic mass is 10.2. The Morgan fingerprint density at radius 3 is 2.70 bits per heavy atom. The normalized spacial score (nSPS) is 10.6. The molecule has 0 saturated heterocycles. The Morgan fingerprint density at radius 1 is 1.35 bits per heavy atom. The van der Waals surface area contributed by atoms with Crippen LogP contribution in [0.15, 0.2) is 18.2 Å². The third-order valence-electron chi connectivity index (χ3n) is 2.53. The summed E-state index contributed by atoms with van der Waals surface area (Å²) in [5.41, 5.74) is 0.880. The Kier molecular flexibility index (Phi) is 9.10. The van der Waals surface area contributed by atoms with Gasteiger partial charge in [0.15, 0.2) is 0 Å². The first-order valence-electron chi connectivity index (χ1n) is 6.50. The van der Waals surface area contributed by atoms with Gasteiger partial charge < -0.3 is 10.1 Å². The number of halogens is 2. The topological polar surface area (TPSA) is 38.3 Å². The molecule has 0 heterocycles. The van der Waals surface area contributed by atoms with Crippen molar-refractivity contribution in [2.45, 2.75) is 19.1 Å². The van der Waals surface area contributed by atoms with Crippen molar-refractivity contribution in [2.24, 2.45) is 0 Å². The Labute approximate surface area is 134 Å². The van der Waals surface area contributed by atoms with E-state index >= 15 is 0 Å². The predicted molar refractivity (Wildman–Crippen MR) is 86.7 cm³/mol. The number of rotatable bonds is 9. The zero-order valence-electron chi connectivity index (χ0n) is 11.5. The van der Waals surface area contributed by atoms with Crippen molar-refractivity contribution >= 4 is 40.9 Å². The van der Waals surface area contributed by atoms with Crippen molar-refractivity contribution in [3.8, 4) is 0 Å². The van der Waals surface area contributed by atoms with Crippen LogP contribution in [0.3, 0.4) is 0 Å². The minimum atomic E-state index is 0.0228. The maximum Gasteiger partial charge on any atom is 0.230 e. The van der Waals surface area contributed by atoms with Gasteiger partial charge in [0.25, 0.3) is 0 Å². The maximum atomic E-state index is 11.6. The largest absolute Gasteiger partial charge is 0.382 e. The predicted octanol–water partition coefficient (Wildman–Crippen LogP) is 3.77. The van der Waals surface area contributed by atoms with Gasteiger partial charge in [-0.25, -0.2) is 0 Å². The first-order valence-corrected chi connectivity index (χ1v) is 8.41. The number of carbonyl (C=O) groups is 1. The molecule has 0 radical (unpaired) electrons. The molecule has 1 aromatic carbocycles. The molecule has 0 atom stereocenters. The molecule has 0 aromatic heterocycles. The highest BCUT2D eigenvalue weighted by molar-refractivity contribution is 7.99. The zero-order valence-corrected chi connectivity index (χ0v) is 13.8. The van der Waals surface area contributed by atoms with Crippen LogP contribution in [0.2, 0.25) is 10.0 Å². The molecule has 3 nitrogen and oxygen atoms in total. The summed E-state index contributed by atoms with van der Waals surface area (Å²) in [5.74, 6) is 1.05. The molecule has 1 N–H and O–H groups in total. The lowest BCUT2D eigenvalue weighted by Gasteiger charge is -2.07. The van der Waals surface area contributed by atoms with E-state index in [4.69, 9.17) is 27.9 Å². The lowest BCUT2D eigenvalue weighted by molar-refractivity contribution is -0.118. The Bertz CT molecular complexity index is 409.